The van der Waals surface area contributed by atoms with Crippen molar-refractivity contribution in [2.24, 2.45) is 0 Å². The molecule has 0 N–H and O–H groups in total. The van der Waals surface area contributed by atoms with Crippen LogP contribution >= 0.6 is 0 Å². The number of nitrogens with zero attached hydrogens (tertiary/aromatic N) is 2. The summed E-state index contributed by atoms with van der Waals surface area (Å²) in [5.74, 6) is 0.141. The molecule has 0 aromatic heterocycles. The van der Waals surface area contributed by atoms with Crippen LogP contribution in [0.3, 0.4) is 0 Å². The van der Waals surface area contributed by atoms with Gasteiger partial charge in [0.25, 0.3) is 11.8 Å². The van der Waals surface area contributed by atoms with E-state index in [1.165, 1.54) is 12.1 Å². The maximum Gasteiger partial charge on any atom is 0.260 e. The van der Waals surface area contributed by atoms with Crippen LogP contribution in [0.15, 0.2) is 48.5 Å². The van der Waals surface area contributed by atoms with E-state index in [0.717, 1.165) is 17.7 Å². The monoisotopic (exact) mass is 412 g/mol. The van der Waals surface area contributed by atoms with Crippen molar-refractivity contribution in [2.75, 3.05) is 32.8 Å². The van der Waals surface area contributed by atoms with Crippen LogP contribution in [0.1, 0.15) is 48.5 Å². The zero-order valence-corrected chi connectivity index (χ0v) is 17.6. The van der Waals surface area contributed by atoms with E-state index >= 15 is 0 Å². The summed E-state index contributed by atoms with van der Waals surface area (Å²) in [6.07, 6.45) is 1.64. The van der Waals surface area contributed by atoms with Gasteiger partial charge in [-0.05, 0) is 42.5 Å². The Morgan fingerprint density at radius 3 is 2.43 bits per heavy atom. The number of amides is 2. The fraction of sp³-hybridized carbons (Fsp3) is 0.417. The Morgan fingerprint density at radius 2 is 1.67 bits per heavy atom. The molecule has 160 valence electrons. The fourth-order valence-electron chi connectivity index (χ4n) is 3.64. The molecular formula is C24H29FN2O3. The molecule has 1 saturated heterocycles. The van der Waals surface area contributed by atoms with Crippen LogP contribution in [-0.4, -0.2) is 54.4 Å². The van der Waals surface area contributed by atoms with Crippen molar-refractivity contribution in [3.8, 4) is 5.75 Å². The maximum atomic E-state index is 13.9. The summed E-state index contributed by atoms with van der Waals surface area (Å²) in [5.41, 5.74) is 1.17. The largest absolute Gasteiger partial charge is 0.483 e. The van der Waals surface area contributed by atoms with E-state index in [1.807, 2.05) is 24.3 Å². The van der Waals surface area contributed by atoms with Crippen LogP contribution in [0.2, 0.25) is 0 Å². The second kappa shape index (κ2) is 10.2. The average molecular weight is 413 g/mol. The van der Waals surface area contributed by atoms with E-state index < -0.39 is 5.82 Å². The van der Waals surface area contributed by atoms with Crippen LogP contribution in [-0.2, 0) is 4.79 Å². The molecule has 1 heterocycles. The van der Waals surface area contributed by atoms with Crippen LogP contribution in [0.25, 0.3) is 0 Å². The predicted molar refractivity (Wildman–Crippen MR) is 114 cm³/mol. The Kier molecular flexibility index (Phi) is 7.44. The summed E-state index contributed by atoms with van der Waals surface area (Å²) in [6, 6.07) is 13.8. The van der Waals surface area contributed by atoms with Gasteiger partial charge in [0.05, 0.1) is 5.56 Å². The lowest BCUT2D eigenvalue weighted by Gasteiger charge is -2.23. The molecule has 1 aliphatic heterocycles. The van der Waals surface area contributed by atoms with Gasteiger partial charge in [-0.2, -0.15) is 0 Å². The normalized spacial score (nSPS) is 15.4. The zero-order valence-electron chi connectivity index (χ0n) is 17.6. The Balaban J connectivity index is 1.58. The second-order valence-corrected chi connectivity index (χ2v) is 7.64. The van der Waals surface area contributed by atoms with Crippen molar-refractivity contribution in [3.05, 3.63) is 65.5 Å². The molecule has 6 heteroatoms. The highest BCUT2D eigenvalue weighted by Crippen LogP contribution is 2.28. The molecule has 1 aliphatic rings. The topological polar surface area (TPSA) is 49.9 Å². The highest BCUT2D eigenvalue weighted by Gasteiger charge is 2.24. The van der Waals surface area contributed by atoms with E-state index in [1.54, 1.807) is 21.9 Å². The molecule has 5 nitrogen and oxygen atoms in total. The Bertz CT molecular complexity index is 886. The molecule has 0 aliphatic carbocycles. The van der Waals surface area contributed by atoms with Crippen molar-refractivity contribution in [2.45, 2.75) is 32.6 Å². The van der Waals surface area contributed by atoms with E-state index in [4.69, 9.17) is 4.74 Å². The van der Waals surface area contributed by atoms with Crippen molar-refractivity contribution < 1.29 is 18.7 Å². The first kappa shape index (κ1) is 21.8. The smallest absolute Gasteiger partial charge is 0.260 e. The minimum absolute atomic E-state index is 0.0330. The molecular weight excluding hydrogens is 383 g/mol. The quantitative estimate of drug-likeness (QED) is 0.718. The molecule has 30 heavy (non-hydrogen) atoms. The van der Waals surface area contributed by atoms with Gasteiger partial charge in [-0.25, -0.2) is 4.39 Å². The van der Waals surface area contributed by atoms with Gasteiger partial charge in [0.15, 0.2) is 6.61 Å². The van der Waals surface area contributed by atoms with Crippen LogP contribution in [0, 0.1) is 5.82 Å². The molecule has 2 amide bonds. The second-order valence-electron chi connectivity index (χ2n) is 7.64. The minimum Gasteiger partial charge on any atom is -0.483 e. The number of hydrogen-bond acceptors (Lipinski definition) is 3. The third-order valence-corrected chi connectivity index (χ3v) is 5.65. The van der Waals surface area contributed by atoms with Crippen molar-refractivity contribution in [1.29, 1.82) is 0 Å². The molecule has 3 rings (SSSR count). The summed E-state index contributed by atoms with van der Waals surface area (Å²) in [5, 5.41) is 0. The highest BCUT2D eigenvalue weighted by atomic mass is 19.1. The van der Waals surface area contributed by atoms with E-state index in [0.29, 0.717) is 38.5 Å². The van der Waals surface area contributed by atoms with Gasteiger partial charge in [0.1, 0.15) is 11.6 Å². The fourth-order valence-corrected chi connectivity index (χ4v) is 3.64. The molecule has 1 fully saturated rings. The van der Waals surface area contributed by atoms with Gasteiger partial charge in [-0.15, -0.1) is 0 Å². The number of benzene rings is 2. The number of carbonyl (C=O) groups excluding carboxylic acids is 2. The standard InChI is InChI=1S/C24H29FN2O3/c1-3-18(2)19-9-5-7-12-22(19)30-17-23(28)26-13-8-14-27(16-15-26)24(29)20-10-4-6-11-21(20)25/h4-7,9-12,18H,3,8,13-17H2,1-2H3. The number of ether oxygens (including phenoxy) is 1. The predicted octanol–water partition coefficient (Wildman–Crippen LogP) is 4.09. The number of hydrogen-bond donors (Lipinski definition) is 0. The summed E-state index contributed by atoms with van der Waals surface area (Å²) in [4.78, 5) is 28.7. The van der Waals surface area contributed by atoms with Crippen LogP contribution in [0.4, 0.5) is 4.39 Å². The van der Waals surface area contributed by atoms with Crippen molar-refractivity contribution in [1.82, 2.24) is 9.80 Å². The van der Waals surface area contributed by atoms with E-state index in [9.17, 15) is 14.0 Å². The number of carbonyl (C=O) groups is 2. The lowest BCUT2D eigenvalue weighted by Crippen LogP contribution is -2.39. The molecule has 1 unspecified atom stereocenters. The van der Waals surface area contributed by atoms with E-state index in [2.05, 4.69) is 13.8 Å². The summed E-state index contributed by atoms with van der Waals surface area (Å²) in [7, 11) is 0. The first-order valence-electron chi connectivity index (χ1n) is 10.5. The van der Waals surface area contributed by atoms with Gasteiger partial charge >= 0.3 is 0 Å². The van der Waals surface area contributed by atoms with Crippen LogP contribution in [0.5, 0.6) is 5.75 Å². The molecule has 0 radical (unpaired) electrons. The summed E-state index contributed by atoms with van der Waals surface area (Å²) < 4.78 is 19.8. The Labute approximate surface area is 177 Å². The van der Waals surface area contributed by atoms with Gasteiger partial charge in [-0.3, -0.25) is 9.59 Å². The van der Waals surface area contributed by atoms with Gasteiger partial charge in [0.2, 0.25) is 0 Å². The zero-order chi connectivity index (χ0) is 21.5. The molecule has 2 aromatic rings. The SMILES string of the molecule is CCC(C)c1ccccc1OCC(=O)N1CCCN(C(=O)c2ccccc2F)CC1. The molecule has 0 spiro atoms. The van der Waals surface area contributed by atoms with Gasteiger partial charge in [0, 0.05) is 26.2 Å². The van der Waals surface area contributed by atoms with Gasteiger partial charge in [-0.1, -0.05) is 44.2 Å². The van der Waals surface area contributed by atoms with Gasteiger partial charge < -0.3 is 14.5 Å². The Morgan fingerprint density at radius 1 is 1.00 bits per heavy atom. The Hall–Kier alpha value is -2.89. The first-order valence-corrected chi connectivity index (χ1v) is 10.5. The number of para-hydroxylation sites is 1. The van der Waals surface area contributed by atoms with E-state index in [-0.39, 0.29) is 24.0 Å². The van der Waals surface area contributed by atoms with Crippen molar-refractivity contribution >= 4 is 11.8 Å². The third-order valence-electron chi connectivity index (χ3n) is 5.65. The maximum absolute atomic E-state index is 13.9. The summed E-state index contributed by atoms with van der Waals surface area (Å²) >= 11 is 0. The first-order chi connectivity index (χ1) is 14.5. The molecule has 0 bridgehead atoms. The minimum atomic E-state index is -0.520. The highest BCUT2D eigenvalue weighted by molar-refractivity contribution is 5.94. The van der Waals surface area contributed by atoms with Crippen LogP contribution < -0.4 is 4.74 Å². The lowest BCUT2D eigenvalue weighted by atomic mass is 9.98. The molecule has 0 saturated carbocycles. The molecule has 1 atom stereocenters. The summed E-state index contributed by atoms with van der Waals surface area (Å²) in [6.45, 7) is 6.07. The number of halogens is 1. The van der Waals surface area contributed by atoms with Crippen molar-refractivity contribution in [3.63, 3.8) is 0 Å². The lowest BCUT2D eigenvalue weighted by molar-refractivity contribution is -0.133. The average Bonchev–Trinajstić information content (AvgIpc) is 3.03. The molecule has 2 aromatic carbocycles. The third kappa shape index (κ3) is 5.17. The number of rotatable bonds is 6.